The van der Waals surface area contributed by atoms with Crippen molar-refractivity contribution in [2.75, 3.05) is 11.9 Å². The summed E-state index contributed by atoms with van der Waals surface area (Å²) < 4.78 is 0. The number of aliphatic hydroxyl groups excluding tert-OH is 1. The van der Waals surface area contributed by atoms with Crippen LogP contribution in [0.15, 0.2) is 18.2 Å². The molecule has 0 bridgehead atoms. The monoisotopic (exact) mass is 287 g/mol. The van der Waals surface area contributed by atoms with Crippen molar-refractivity contribution in [3.05, 3.63) is 29.3 Å². The van der Waals surface area contributed by atoms with Gasteiger partial charge in [-0.3, -0.25) is 4.79 Å². The molecular formula is C18H25NO2. The summed E-state index contributed by atoms with van der Waals surface area (Å²) >= 11 is 0. The van der Waals surface area contributed by atoms with Gasteiger partial charge in [0.1, 0.15) is 0 Å². The molecule has 0 spiro atoms. The highest BCUT2D eigenvalue weighted by Gasteiger charge is 2.13. The summed E-state index contributed by atoms with van der Waals surface area (Å²) in [4.78, 5) is 12.1. The summed E-state index contributed by atoms with van der Waals surface area (Å²) in [6, 6.07) is 5.83. The van der Waals surface area contributed by atoms with Gasteiger partial charge in [0.2, 0.25) is 5.91 Å². The number of aliphatic hydroxyl groups is 1. The lowest BCUT2D eigenvalue weighted by atomic mass is 10.0. The van der Waals surface area contributed by atoms with Crippen LogP contribution in [0.2, 0.25) is 0 Å². The van der Waals surface area contributed by atoms with Crippen LogP contribution in [-0.4, -0.2) is 17.6 Å². The van der Waals surface area contributed by atoms with Gasteiger partial charge >= 0.3 is 0 Å². The molecule has 1 rings (SSSR count). The number of hydrogen-bond acceptors (Lipinski definition) is 2. The van der Waals surface area contributed by atoms with Gasteiger partial charge in [0.05, 0.1) is 6.61 Å². The number of carbonyl (C=O) groups excluding carboxylic acids is 1. The third-order valence-electron chi connectivity index (χ3n) is 3.38. The predicted octanol–water partition coefficient (Wildman–Crippen LogP) is 3.36. The third-order valence-corrected chi connectivity index (χ3v) is 3.38. The highest BCUT2D eigenvalue weighted by molar-refractivity contribution is 5.93. The highest BCUT2D eigenvalue weighted by atomic mass is 16.2. The Kier molecular flexibility index (Phi) is 7.56. The van der Waals surface area contributed by atoms with E-state index in [1.807, 2.05) is 25.1 Å². The minimum Gasteiger partial charge on any atom is -0.395 e. The van der Waals surface area contributed by atoms with Gasteiger partial charge in [-0.25, -0.2) is 0 Å². The molecular weight excluding hydrogens is 262 g/mol. The van der Waals surface area contributed by atoms with E-state index in [2.05, 4.69) is 31.0 Å². The van der Waals surface area contributed by atoms with Crippen LogP contribution in [0.25, 0.3) is 0 Å². The van der Waals surface area contributed by atoms with E-state index in [0.29, 0.717) is 6.42 Å². The molecule has 0 aliphatic rings. The maximum Gasteiger partial charge on any atom is 0.227 e. The zero-order valence-electron chi connectivity index (χ0n) is 13.2. The first-order valence-corrected chi connectivity index (χ1v) is 7.65. The average molecular weight is 287 g/mol. The van der Waals surface area contributed by atoms with Crippen molar-refractivity contribution in [1.29, 1.82) is 0 Å². The molecule has 3 nitrogen and oxygen atoms in total. The fourth-order valence-electron chi connectivity index (χ4n) is 2.13. The molecule has 0 aliphatic carbocycles. The maximum atomic E-state index is 12.1. The van der Waals surface area contributed by atoms with Gasteiger partial charge in [-0.15, -0.1) is 0 Å². The Morgan fingerprint density at radius 3 is 2.76 bits per heavy atom. The lowest BCUT2D eigenvalue weighted by molar-refractivity contribution is -0.119. The largest absolute Gasteiger partial charge is 0.395 e. The van der Waals surface area contributed by atoms with E-state index in [1.165, 1.54) is 0 Å². The molecule has 21 heavy (non-hydrogen) atoms. The smallest absolute Gasteiger partial charge is 0.227 e. The van der Waals surface area contributed by atoms with Crippen molar-refractivity contribution in [1.82, 2.24) is 0 Å². The van der Waals surface area contributed by atoms with E-state index < -0.39 is 0 Å². The molecule has 3 heteroatoms. The Morgan fingerprint density at radius 2 is 2.14 bits per heavy atom. The predicted molar refractivity (Wildman–Crippen MR) is 87.1 cm³/mol. The molecule has 1 aromatic rings. The summed E-state index contributed by atoms with van der Waals surface area (Å²) in [6.07, 6.45) is 3.23. The van der Waals surface area contributed by atoms with Crippen LogP contribution in [0.1, 0.15) is 51.2 Å². The van der Waals surface area contributed by atoms with E-state index in [4.69, 9.17) is 5.11 Å². The number of benzene rings is 1. The van der Waals surface area contributed by atoms with E-state index in [1.54, 1.807) is 0 Å². The first kappa shape index (κ1) is 17.3. The van der Waals surface area contributed by atoms with Crippen LogP contribution < -0.4 is 5.32 Å². The van der Waals surface area contributed by atoms with Gasteiger partial charge in [-0.1, -0.05) is 39.0 Å². The van der Waals surface area contributed by atoms with Crippen molar-refractivity contribution in [2.45, 2.75) is 46.5 Å². The van der Waals surface area contributed by atoms with Crippen LogP contribution in [0, 0.1) is 17.8 Å². The van der Waals surface area contributed by atoms with E-state index in [9.17, 15) is 4.79 Å². The number of anilines is 1. The number of amides is 1. The van der Waals surface area contributed by atoms with Gasteiger partial charge in [-0.05, 0) is 36.6 Å². The first-order chi connectivity index (χ1) is 10.1. The lowest BCUT2D eigenvalue weighted by Gasteiger charge is -2.14. The normalized spacial score (nSPS) is 11.4. The topological polar surface area (TPSA) is 49.3 Å². The molecule has 0 fully saturated rings. The second-order valence-corrected chi connectivity index (χ2v) is 5.18. The molecule has 1 aromatic carbocycles. The Labute approximate surface area is 127 Å². The summed E-state index contributed by atoms with van der Waals surface area (Å²) in [7, 11) is 0. The van der Waals surface area contributed by atoms with Gasteiger partial charge in [-0.2, -0.15) is 0 Å². The fourth-order valence-corrected chi connectivity index (χ4v) is 2.13. The molecule has 0 heterocycles. The fraction of sp³-hybridized carbons (Fsp3) is 0.500. The summed E-state index contributed by atoms with van der Waals surface area (Å²) in [6.45, 7) is 6.18. The maximum absolute atomic E-state index is 12.1. The van der Waals surface area contributed by atoms with E-state index in [0.717, 1.165) is 36.1 Å². The Morgan fingerprint density at radius 1 is 1.38 bits per heavy atom. The zero-order valence-corrected chi connectivity index (χ0v) is 13.2. The summed E-state index contributed by atoms with van der Waals surface area (Å²) in [5.41, 5.74) is 2.88. The van der Waals surface area contributed by atoms with Crippen LogP contribution >= 0.6 is 0 Å². The van der Waals surface area contributed by atoms with Crippen LogP contribution in [0.4, 0.5) is 5.69 Å². The molecule has 114 valence electrons. The van der Waals surface area contributed by atoms with Crippen molar-refractivity contribution >= 4 is 11.6 Å². The molecule has 0 saturated carbocycles. The third kappa shape index (κ3) is 5.61. The van der Waals surface area contributed by atoms with Gasteiger partial charge in [0.25, 0.3) is 0 Å². The quantitative estimate of drug-likeness (QED) is 0.788. The number of carbonyl (C=O) groups is 1. The number of nitrogens with one attached hydrogen (secondary N) is 1. The molecule has 1 atom stereocenters. The van der Waals surface area contributed by atoms with Gasteiger partial charge in [0.15, 0.2) is 0 Å². The molecule has 0 radical (unpaired) electrons. The average Bonchev–Trinajstić information content (AvgIpc) is 2.49. The molecule has 0 aromatic heterocycles. The number of hydrogen-bond donors (Lipinski definition) is 2. The summed E-state index contributed by atoms with van der Waals surface area (Å²) in [5, 5.41) is 11.7. The Bertz CT molecular complexity index is 526. The van der Waals surface area contributed by atoms with Crippen LogP contribution in [0.5, 0.6) is 0 Å². The second-order valence-electron chi connectivity index (χ2n) is 5.18. The molecule has 0 saturated heterocycles. The Balaban J connectivity index is 2.84. The summed E-state index contributed by atoms with van der Waals surface area (Å²) in [5.74, 6) is 6.04. The molecule has 1 amide bonds. The highest BCUT2D eigenvalue weighted by Crippen LogP contribution is 2.19. The van der Waals surface area contributed by atoms with Crippen molar-refractivity contribution in [2.24, 2.45) is 5.92 Å². The standard InChI is InChI=1S/C18H25NO2/c1-4-8-14(3)18(21)19-17-11-10-15(9-6-7-12-20)13-16(17)5-2/h10-11,13-14,20H,4-5,7-8,12H2,1-3H3,(H,19,21). The van der Waals surface area contributed by atoms with E-state index in [-0.39, 0.29) is 18.4 Å². The molecule has 1 unspecified atom stereocenters. The lowest BCUT2D eigenvalue weighted by Crippen LogP contribution is -2.21. The number of aryl methyl sites for hydroxylation is 1. The minimum absolute atomic E-state index is 0.0312. The minimum atomic E-state index is 0.0312. The second kappa shape index (κ2) is 9.20. The van der Waals surface area contributed by atoms with Gasteiger partial charge < -0.3 is 10.4 Å². The molecule has 2 N–H and O–H groups in total. The van der Waals surface area contributed by atoms with Crippen molar-refractivity contribution in [3.8, 4) is 11.8 Å². The van der Waals surface area contributed by atoms with Gasteiger partial charge in [0, 0.05) is 23.6 Å². The van der Waals surface area contributed by atoms with Crippen LogP contribution in [0.3, 0.4) is 0 Å². The SMILES string of the molecule is CCCC(C)C(=O)Nc1ccc(C#CCCO)cc1CC. The van der Waals surface area contributed by atoms with Crippen molar-refractivity contribution < 1.29 is 9.90 Å². The Hall–Kier alpha value is -1.79. The van der Waals surface area contributed by atoms with Crippen molar-refractivity contribution in [3.63, 3.8) is 0 Å². The first-order valence-electron chi connectivity index (χ1n) is 7.65. The van der Waals surface area contributed by atoms with Crippen LogP contribution in [-0.2, 0) is 11.2 Å². The van der Waals surface area contributed by atoms with E-state index >= 15 is 0 Å². The zero-order chi connectivity index (χ0) is 15.7. The number of rotatable bonds is 6. The molecule has 0 aliphatic heterocycles.